The largest absolute Gasteiger partial charge is 0.397 e. The summed E-state index contributed by atoms with van der Waals surface area (Å²) >= 11 is 0. The normalized spacial score (nSPS) is 21.6. The molecule has 4 heteroatoms. The van der Waals surface area contributed by atoms with E-state index in [0.717, 1.165) is 25.6 Å². The fraction of sp³-hybridized carbons (Fsp3) is 0.538. The van der Waals surface area contributed by atoms with Gasteiger partial charge in [0, 0.05) is 19.0 Å². The summed E-state index contributed by atoms with van der Waals surface area (Å²) < 4.78 is 26.7. The first kappa shape index (κ1) is 12.1. The number of halogens is 2. The highest BCUT2D eigenvalue weighted by Crippen LogP contribution is 2.34. The Hall–Kier alpha value is -1.32. The van der Waals surface area contributed by atoms with Gasteiger partial charge in [-0.3, -0.25) is 0 Å². The molecule has 0 unspecified atom stereocenters. The molecule has 0 saturated carbocycles. The van der Waals surface area contributed by atoms with E-state index < -0.39 is 11.8 Å². The van der Waals surface area contributed by atoms with Gasteiger partial charge in [-0.05, 0) is 31.9 Å². The van der Waals surface area contributed by atoms with E-state index in [1.165, 1.54) is 0 Å². The molecule has 0 bridgehead atoms. The number of nitrogens with zero attached hydrogens (tertiary/aromatic N) is 1. The second-order valence-corrected chi connectivity index (χ2v) is 4.80. The number of piperidine rings is 1. The van der Waals surface area contributed by atoms with Crippen molar-refractivity contribution >= 4 is 11.4 Å². The lowest BCUT2D eigenvalue weighted by Gasteiger charge is -2.37. The quantitative estimate of drug-likeness (QED) is 0.805. The van der Waals surface area contributed by atoms with Crippen LogP contribution >= 0.6 is 0 Å². The van der Waals surface area contributed by atoms with Crippen molar-refractivity contribution in [2.75, 3.05) is 23.7 Å². The molecule has 1 atom stereocenters. The smallest absolute Gasteiger partial charge is 0.249 e. The van der Waals surface area contributed by atoms with Gasteiger partial charge in [0.1, 0.15) is 0 Å². The molecule has 2 nitrogen and oxygen atoms in total. The topological polar surface area (TPSA) is 29.3 Å². The molecule has 94 valence electrons. The zero-order valence-corrected chi connectivity index (χ0v) is 10.00. The van der Waals surface area contributed by atoms with E-state index >= 15 is 0 Å². The number of alkyl halides is 2. The molecule has 0 aromatic heterocycles. The van der Waals surface area contributed by atoms with Gasteiger partial charge >= 0.3 is 0 Å². The average Bonchev–Trinajstić information content (AvgIpc) is 2.29. The molecular weight excluding hydrogens is 222 g/mol. The van der Waals surface area contributed by atoms with Crippen molar-refractivity contribution in [3.63, 3.8) is 0 Å². The SMILES string of the molecule is CC(F)(F)[C@H]1CCCN(c2ccccc2N)C1. The van der Waals surface area contributed by atoms with Crippen LogP contribution in [0, 0.1) is 5.92 Å². The van der Waals surface area contributed by atoms with Gasteiger partial charge in [-0.25, -0.2) is 8.78 Å². The fourth-order valence-corrected chi connectivity index (χ4v) is 2.39. The number of benzene rings is 1. The molecule has 1 heterocycles. The predicted molar refractivity (Wildman–Crippen MR) is 66.4 cm³/mol. The second kappa shape index (κ2) is 4.51. The number of nitrogens with two attached hydrogens (primary N) is 1. The summed E-state index contributed by atoms with van der Waals surface area (Å²) in [5.41, 5.74) is 7.41. The lowest BCUT2D eigenvalue weighted by molar-refractivity contribution is -0.0439. The monoisotopic (exact) mass is 240 g/mol. The molecule has 0 radical (unpaired) electrons. The van der Waals surface area contributed by atoms with Gasteiger partial charge in [-0.1, -0.05) is 12.1 Å². The number of para-hydroxylation sites is 2. The van der Waals surface area contributed by atoms with E-state index in [-0.39, 0.29) is 0 Å². The lowest BCUT2D eigenvalue weighted by atomic mass is 9.92. The van der Waals surface area contributed by atoms with Crippen LogP contribution in [0.15, 0.2) is 24.3 Å². The molecule has 0 aliphatic carbocycles. The summed E-state index contributed by atoms with van der Waals surface area (Å²) in [5, 5.41) is 0. The molecule has 17 heavy (non-hydrogen) atoms. The van der Waals surface area contributed by atoms with Crippen LogP contribution in [0.4, 0.5) is 20.2 Å². The Morgan fingerprint density at radius 3 is 2.71 bits per heavy atom. The third-order valence-corrected chi connectivity index (χ3v) is 3.42. The van der Waals surface area contributed by atoms with Crippen LogP contribution in [0.25, 0.3) is 0 Å². The van der Waals surface area contributed by atoms with Gasteiger partial charge in [0.2, 0.25) is 5.92 Å². The molecule has 1 aromatic carbocycles. The van der Waals surface area contributed by atoms with Gasteiger partial charge < -0.3 is 10.6 Å². The van der Waals surface area contributed by atoms with E-state index in [4.69, 9.17) is 5.73 Å². The first-order valence-corrected chi connectivity index (χ1v) is 5.96. The Labute approximate surface area is 100 Å². The Kier molecular flexibility index (Phi) is 3.22. The third-order valence-electron chi connectivity index (χ3n) is 3.42. The number of hydrogen-bond acceptors (Lipinski definition) is 2. The molecule has 2 rings (SSSR count). The zero-order valence-electron chi connectivity index (χ0n) is 10.00. The minimum Gasteiger partial charge on any atom is -0.397 e. The Balaban J connectivity index is 2.15. The summed E-state index contributed by atoms with van der Waals surface area (Å²) in [6.45, 7) is 2.20. The maximum Gasteiger partial charge on any atom is 0.249 e. The molecule has 2 N–H and O–H groups in total. The van der Waals surface area contributed by atoms with Crippen LogP contribution in [-0.2, 0) is 0 Å². The minimum atomic E-state index is -2.61. The number of rotatable bonds is 2. The van der Waals surface area contributed by atoms with Crippen molar-refractivity contribution in [3.8, 4) is 0 Å². The number of anilines is 2. The molecule has 1 saturated heterocycles. The van der Waals surface area contributed by atoms with Crippen molar-refractivity contribution in [1.29, 1.82) is 0 Å². The van der Waals surface area contributed by atoms with Crippen molar-refractivity contribution in [2.24, 2.45) is 5.92 Å². The summed E-state index contributed by atoms with van der Waals surface area (Å²) in [6.07, 6.45) is 1.38. The van der Waals surface area contributed by atoms with Crippen molar-refractivity contribution in [1.82, 2.24) is 0 Å². The maximum atomic E-state index is 13.3. The van der Waals surface area contributed by atoms with Crippen molar-refractivity contribution in [3.05, 3.63) is 24.3 Å². The first-order valence-electron chi connectivity index (χ1n) is 5.96. The number of nitrogen functional groups attached to an aromatic ring is 1. The van der Waals surface area contributed by atoms with E-state index in [1.54, 1.807) is 0 Å². The highest BCUT2D eigenvalue weighted by atomic mass is 19.3. The second-order valence-electron chi connectivity index (χ2n) is 4.80. The van der Waals surface area contributed by atoms with Crippen molar-refractivity contribution in [2.45, 2.75) is 25.7 Å². The molecule has 1 aliphatic heterocycles. The Bertz CT molecular complexity index is 387. The summed E-state index contributed by atoms with van der Waals surface area (Å²) in [5.74, 6) is -3.18. The highest BCUT2D eigenvalue weighted by molar-refractivity contribution is 5.67. The Morgan fingerprint density at radius 2 is 2.06 bits per heavy atom. The summed E-state index contributed by atoms with van der Waals surface area (Å²) in [6, 6.07) is 7.45. The van der Waals surface area contributed by atoms with Gasteiger partial charge in [-0.2, -0.15) is 0 Å². The van der Waals surface area contributed by atoms with E-state index in [2.05, 4.69) is 0 Å². The molecular formula is C13H18F2N2. The molecule has 0 amide bonds. The van der Waals surface area contributed by atoms with Crippen LogP contribution in [0.1, 0.15) is 19.8 Å². The van der Waals surface area contributed by atoms with Gasteiger partial charge in [0.25, 0.3) is 0 Å². The van der Waals surface area contributed by atoms with Crippen LogP contribution < -0.4 is 10.6 Å². The standard InChI is InChI=1S/C13H18F2N2/c1-13(14,15)10-5-4-8-17(9-10)12-7-3-2-6-11(12)16/h2-3,6-7,10H,4-5,8-9,16H2,1H3/t10-/m0/s1. The maximum absolute atomic E-state index is 13.3. The van der Waals surface area contributed by atoms with Gasteiger partial charge in [-0.15, -0.1) is 0 Å². The zero-order chi connectivity index (χ0) is 12.5. The summed E-state index contributed by atoms with van der Waals surface area (Å²) in [4.78, 5) is 1.97. The van der Waals surface area contributed by atoms with Crippen LogP contribution in [0.2, 0.25) is 0 Å². The lowest BCUT2D eigenvalue weighted by Crippen LogP contribution is -2.42. The third kappa shape index (κ3) is 2.68. The fourth-order valence-electron chi connectivity index (χ4n) is 2.39. The number of hydrogen-bond donors (Lipinski definition) is 1. The molecule has 1 aliphatic rings. The van der Waals surface area contributed by atoms with Crippen LogP contribution in [-0.4, -0.2) is 19.0 Å². The summed E-state index contributed by atoms with van der Waals surface area (Å²) in [7, 11) is 0. The van der Waals surface area contributed by atoms with Crippen molar-refractivity contribution < 1.29 is 8.78 Å². The van der Waals surface area contributed by atoms with E-state index in [0.29, 0.717) is 18.7 Å². The average molecular weight is 240 g/mol. The highest BCUT2D eigenvalue weighted by Gasteiger charge is 2.37. The Morgan fingerprint density at radius 1 is 1.35 bits per heavy atom. The first-order chi connectivity index (χ1) is 7.98. The van der Waals surface area contributed by atoms with Gasteiger partial charge in [0.15, 0.2) is 0 Å². The molecule has 1 aromatic rings. The predicted octanol–water partition coefficient (Wildman–Crippen LogP) is 3.14. The van der Waals surface area contributed by atoms with E-state index in [9.17, 15) is 8.78 Å². The van der Waals surface area contributed by atoms with Gasteiger partial charge in [0.05, 0.1) is 11.4 Å². The molecule has 0 spiro atoms. The van der Waals surface area contributed by atoms with Crippen LogP contribution in [0.3, 0.4) is 0 Å². The minimum absolute atomic E-state index is 0.387. The van der Waals surface area contributed by atoms with Crippen LogP contribution in [0.5, 0.6) is 0 Å². The molecule has 1 fully saturated rings. The van der Waals surface area contributed by atoms with E-state index in [1.807, 2.05) is 29.2 Å².